The number of benzene rings is 2. The van der Waals surface area contributed by atoms with Crippen LogP contribution in [0.3, 0.4) is 0 Å². The number of para-hydroxylation sites is 1. The number of ether oxygens (including phenoxy) is 1. The van der Waals surface area contributed by atoms with Crippen LogP contribution >= 0.6 is 0 Å². The highest BCUT2D eigenvalue weighted by atomic mass is 16.5. The molecule has 0 fully saturated rings. The molecule has 0 radical (unpaired) electrons. The zero-order valence-electron chi connectivity index (χ0n) is 14.6. The minimum Gasteiger partial charge on any atom is -0.457 e. The first-order valence-electron chi connectivity index (χ1n) is 8.46. The van der Waals surface area contributed by atoms with E-state index in [9.17, 15) is 0 Å². The molecule has 0 aliphatic carbocycles. The minimum atomic E-state index is 0.488. The van der Waals surface area contributed by atoms with E-state index in [4.69, 9.17) is 15.3 Å². The van der Waals surface area contributed by atoms with Gasteiger partial charge in [0, 0.05) is 17.6 Å². The van der Waals surface area contributed by atoms with Gasteiger partial charge in [0.1, 0.15) is 29.2 Å². The van der Waals surface area contributed by atoms with Gasteiger partial charge in [-0.25, -0.2) is 9.97 Å². The zero-order chi connectivity index (χ0) is 19.3. The molecule has 0 atom stereocenters. The Labute approximate surface area is 161 Å². The average Bonchev–Trinajstić information content (AvgIpc) is 2.75. The number of pyridine rings is 2. The maximum Gasteiger partial charge on any atom is 0.140 e. The molecule has 0 bridgehead atoms. The van der Waals surface area contributed by atoms with Crippen LogP contribution < -0.4 is 10.1 Å². The summed E-state index contributed by atoms with van der Waals surface area (Å²) < 4.78 is 6.05. The maximum atomic E-state index is 8.94. The van der Waals surface area contributed by atoms with Crippen molar-refractivity contribution in [3.8, 4) is 23.6 Å². The Morgan fingerprint density at radius 2 is 1.57 bits per heavy atom. The van der Waals surface area contributed by atoms with Crippen LogP contribution in [0.1, 0.15) is 11.1 Å². The zero-order valence-corrected chi connectivity index (χ0v) is 14.6. The molecular weight excluding hydrogens is 350 g/mol. The Bertz CT molecular complexity index is 1220. The molecule has 0 aliphatic rings. The van der Waals surface area contributed by atoms with Crippen molar-refractivity contribution < 1.29 is 4.74 Å². The molecule has 4 rings (SSSR count). The fourth-order valence-electron chi connectivity index (χ4n) is 2.68. The van der Waals surface area contributed by atoms with Crippen molar-refractivity contribution in [2.45, 2.75) is 0 Å². The molecule has 28 heavy (non-hydrogen) atoms. The van der Waals surface area contributed by atoms with Crippen LogP contribution in [-0.4, -0.2) is 9.97 Å². The molecule has 2 heterocycles. The van der Waals surface area contributed by atoms with Crippen LogP contribution in [0.2, 0.25) is 0 Å². The van der Waals surface area contributed by atoms with Crippen LogP contribution in [0.5, 0.6) is 11.5 Å². The van der Waals surface area contributed by atoms with Gasteiger partial charge in [-0.15, -0.1) is 0 Å². The van der Waals surface area contributed by atoms with E-state index in [0.29, 0.717) is 34.3 Å². The van der Waals surface area contributed by atoms with Gasteiger partial charge in [0.2, 0.25) is 0 Å². The molecule has 0 saturated carbocycles. The van der Waals surface area contributed by atoms with Crippen LogP contribution in [0.4, 0.5) is 11.6 Å². The van der Waals surface area contributed by atoms with E-state index in [0.717, 1.165) is 10.9 Å². The third-order valence-corrected chi connectivity index (χ3v) is 4.04. The number of aromatic nitrogens is 2. The number of nitriles is 2. The second kappa shape index (κ2) is 7.45. The number of fused-ring (bicyclic) bond motifs is 1. The monoisotopic (exact) mass is 363 g/mol. The predicted octanol–water partition coefficient (Wildman–Crippen LogP) is 4.91. The van der Waals surface area contributed by atoms with Crippen molar-refractivity contribution in [2.24, 2.45) is 0 Å². The fourth-order valence-corrected chi connectivity index (χ4v) is 2.68. The van der Waals surface area contributed by atoms with E-state index in [2.05, 4.69) is 21.4 Å². The van der Waals surface area contributed by atoms with Gasteiger partial charge >= 0.3 is 0 Å². The van der Waals surface area contributed by atoms with Gasteiger partial charge in [-0.1, -0.05) is 12.1 Å². The number of rotatable bonds is 4. The van der Waals surface area contributed by atoms with E-state index in [1.165, 1.54) is 6.20 Å². The molecule has 0 spiro atoms. The lowest BCUT2D eigenvalue weighted by molar-refractivity contribution is 0.488. The van der Waals surface area contributed by atoms with Crippen molar-refractivity contribution >= 4 is 22.5 Å². The molecule has 0 aliphatic heterocycles. The molecule has 1 N–H and O–H groups in total. The number of nitrogens with zero attached hydrogens (tertiary/aromatic N) is 4. The first kappa shape index (κ1) is 17.0. The lowest BCUT2D eigenvalue weighted by Gasteiger charge is -2.12. The van der Waals surface area contributed by atoms with Crippen LogP contribution in [-0.2, 0) is 0 Å². The van der Waals surface area contributed by atoms with Crippen molar-refractivity contribution in [3.05, 3.63) is 84.1 Å². The molecule has 132 valence electrons. The largest absolute Gasteiger partial charge is 0.457 e. The Kier molecular flexibility index (Phi) is 4.53. The highest BCUT2D eigenvalue weighted by molar-refractivity contribution is 5.87. The summed E-state index contributed by atoms with van der Waals surface area (Å²) in [7, 11) is 0. The second-order valence-electron chi connectivity index (χ2n) is 5.93. The maximum absolute atomic E-state index is 8.94. The number of nitrogens with one attached hydrogen (secondary N) is 1. The highest BCUT2D eigenvalue weighted by Crippen LogP contribution is 2.32. The van der Waals surface area contributed by atoms with Gasteiger partial charge in [-0.3, -0.25) is 0 Å². The third-order valence-electron chi connectivity index (χ3n) is 4.04. The molecular formula is C22H13N5O. The summed E-state index contributed by atoms with van der Waals surface area (Å²) in [6, 6.07) is 23.9. The van der Waals surface area contributed by atoms with E-state index in [-0.39, 0.29) is 0 Å². The van der Waals surface area contributed by atoms with Crippen molar-refractivity contribution in [1.82, 2.24) is 9.97 Å². The Morgan fingerprint density at radius 1 is 0.821 bits per heavy atom. The molecule has 6 heteroatoms. The predicted molar refractivity (Wildman–Crippen MR) is 105 cm³/mol. The number of hydrogen-bond acceptors (Lipinski definition) is 6. The molecule has 0 saturated heterocycles. The lowest BCUT2D eigenvalue weighted by Crippen LogP contribution is -1.98. The highest BCUT2D eigenvalue weighted by Gasteiger charge is 2.09. The first-order chi connectivity index (χ1) is 13.7. The number of hydrogen-bond donors (Lipinski definition) is 1. The summed E-state index contributed by atoms with van der Waals surface area (Å²) in [6.07, 6.45) is 1.50. The van der Waals surface area contributed by atoms with Crippen molar-refractivity contribution in [2.75, 3.05) is 5.32 Å². The normalized spacial score (nSPS) is 10.1. The van der Waals surface area contributed by atoms with E-state index in [1.54, 1.807) is 42.5 Å². The van der Waals surface area contributed by atoms with E-state index >= 15 is 0 Å². The molecule has 4 aromatic rings. The van der Waals surface area contributed by atoms with Crippen LogP contribution in [0, 0.1) is 22.7 Å². The van der Waals surface area contributed by atoms with Gasteiger partial charge in [-0.05, 0) is 48.5 Å². The van der Waals surface area contributed by atoms with E-state index < -0.39 is 0 Å². The number of anilines is 2. The summed E-state index contributed by atoms with van der Waals surface area (Å²) in [5, 5.41) is 21.8. The third kappa shape index (κ3) is 3.57. The van der Waals surface area contributed by atoms with Gasteiger partial charge in [0.15, 0.2) is 0 Å². The fraction of sp³-hybridized carbons (Fsp3) is 0. The van der Waals surface area contributed by atoms with Crippen LogP contribution in [0.15, 0.2) is 72.9 Å². The average molecular weight is 363 g/mol. The van der Waals surface area contributed by atoms with Gasteiger partial charge in [0.05, 0.1) is 22.7 Å². The second-order valence-corrected chi connectivity index (χ2v) is 5.93. The molecule has 0 amide bonds. The van der Waals surface area contributed by atoms with Gasteiger partial charge in [0.25, 0.3) is 0 Å². The molecule has 2 aromatic carbocycles. The Hall–Kier alpha value is -4.42. The minimum absolute atomic E-state index is 0.488. The van der Waals surface area contributed by atoms with Gasteiger partial charge in [-0.2, -0.15) is 10.5 Å². The Morgan fingerprint density at radius 3 is 2.29 bits per heavy atom. The van der Waals surface area contributed by atoms with Crippen molar-refractivity contribution in [1.29, 1.82) is 10.5 Å². The summed E-state index contributed by atoms with van der Waals surface area (Å²) in [5.41, 5.74) is 1.83. The Balaban J connectivity index is 1.70. The summed E-state index contributed by atoms with van der Waals surface area (Å²) >= 11 is 0. The van der Waals surface area contributed by atoms with Crippen molar-refractivity contribution in [3.63, 3.8) is 0 Å². The topological polar surface area (TPSA) is 94.6 Å². The van der Waals surface area contributed by atoms with E-state index in [1.807, 2.05) is 30.3 Å². The van der Waals surface area contributed by atoms with Crippen LogP contribution in [0.25, 0.3) is 10.9 Å². The SMILES string of the molecule is N#Cc1ccc(Oc2cc(Nc3ccc(C#N)cn3)nc3ccccc23)cc1. The van der Waals surface area contributed by atoms with Gasteiger partial charge < -0.3 is 10.1 Å². The standard InChI is InChI=1S/C22H13N5O/c23-12-15-5-8-17(9-6-15)28-20-11-22(26-19-4-2-1-3-18(19)20)27-21-10-7-16(13-24)14-25-21/h1-11,14H,(H,25,26,27). The summed E-state index contributed by atoms with van der Waals surface area (Å²) in [4.78, 5) is 8.82. The summed E-state index contributed by atoms with van der Waals surface area (Å²) in [6.45, 7) is 0. The molecule has 6 nitrogen and oxygen atoms in total. The first-order valence-corrected chi connectivity index (χ1v) is 8.46. The molecule has 0 unspecified atom stereocenters. The quantitative estimate of drug-likeness (QED) is 0.553. The lowest BCUT2D eigenvalue weighted by atomic mass is 10.2. The summed E-state index contributed by atoms with van der Waals surface area (Å²) in [5.74, 6) is 2.40. The molecule has 2 aromatic heterocycles. The smallest absolute Gasteiger partial charge is 0.140 e.